The highest BCUT2D eigenvalue weighted by molar-refractivity contribution is 5.87. The van der Waals surface area contributed by atoms with Gasteiger partial charge < -0.3 is 16.2 Å². The molecule has 124 valence electrons. The number of hydrogen-bond acceptors (Lipinski definition) is 4. The molecule has 1 amide bonds. The first-order valence-electron chi connectivity index (χ1n) is 8.56. The third-order valence-electron chi connectivity index (χ3n) is 6.47. The van der Waals surface area contributed by atoms with Gasteiger partial charge in [0, 0.05) is 12.3 Å². The molecule has 3 aliphatic rings. The van der Waals surface area contributed by atoms with Gasteiger partial charge in [-0.3, -0.25) is 9.59 Å². The SMILES string of the molecule is CC1(C)C2CN[C@H](C(=O)CC(CC3CCC3)C(O)C(N)=O)[C@H]21. The second-order valence-electron chi connectivity index (χ2n) is 8.15. The number of aliphatic hydroxyl groups is 1. The third kappa shape index (κ3) is 2.69. The number of nitrogens with one attached hydrogen (secondary N) is 1. The summed E-state index contributed by atoms with van der Waals surface area (Å²) in [4.78, 5) is 24.0. The van der Waals surface area contributed by atoms with E-state index in [2.05, 4.69) is 19.2 Å². The standard InChI is InChI=1S/C17H28N2O3/c1-17(2)11-8-19-14(13(11)17)12(20)7-10(15(21)16(18)22)6-9-4-3-5-9/h9-11,13-15,19,21H,3-8H2,1-2H3,(H2,18,22)/t10?,11?,13-,14+,15?/m0/s1. The average molecular weight is 308 g/mol. The topological polar surface area (TPSA) is 92.4 Å². The summed E-state index contributed by atoms with van der Waals surface area (Å²) in [6.45, 7) is 5.33. The van der Waals surface area contributed by atoms with E-state index in [9.17, 15) is 14.7 Å². The second kappa shape index (κ2) is 5.60. The van der Waals surface area contributed by atoms with E-state index in [0.29, 0.717) is 17.8 Å². The summed E-state index contributed by atoms with van der Waals surface area (Å²) >= 11 is 0. The maximum atomic E-state index is 12.7. The smallest absolute Gasteiger partial charge is 0.246 e. The molecule has 3 fully saturated rings. The Morgan fingerprint density at radius 3 is 2.50 bits per heavy atom. The lowest BCUT2D eigenvalue weighted by Gasteiger charge is -2.31. The Kier molecular flexibility index (Phi) is 4.06. The molecule has 0 aromatic carbocycles. The fourth-order valence-corrected chi connectivity index (χ4v) is 4.63. The highest BCUT2D eigenvalue weighted by Gasteiger charge is 2.65. The molecule has 1 heterocycles. The number of Topliss-reactive ketones (excluding diaryl/α,β-unsaturated/α-hetero) is 1. The lowest BCUT2D eigenvalue weighted by Crippen LogP contribution is -2.42. The van der Waals surface area contributed by atoms with Gasteiger partial charge in [-0.1, -0.05) is 33.1 Å². The van der Waals surface area contributed by atoms with Gasteiger partial charge in [-0.2, -0.15) is 0 Å². The number of piperidine rings is 1. The van der Waals surface area contributed by atoms with Crippen LogP contribution in [-0.2, 0) is 9.59 Å². The maximum Gasteiger partial charge on any atom is 0.246 e. The van der Waals surface area contributed by atoms with Crippen molar-refractivity contribution in [2.45, 2.75) is 58.1 Å². The molecule has 0 bridgehead atoms. The normalized spacial score (nSPS) is 35.3. The maximum absolute atomic E-state index is 12.7. The van der Waals surface area contributed by atoms with Crippen molar-refractivity contribution in [1.29, 1.82) is 0 Å². The Morgan fingerprint density at radius 2 is 2.05 bits per heavy atom. The summed E-state index contributed by atoms with van der Waals surface area (Å²) < 4.78 is 0. The Morgan fingerprint density at radius 1 is 1.36 bits per heavy atom. The molecule has 5 heteroatoms. The van der Waals surface area contributed by atoms with Crippen LogP contribution >= 0.6 is 0 Å². The fourth-order valence-electron chi connectivity index (χ4n) is 4.63. The number of nitrogens with two attached hydrogens (primary N) is 1. The van der Waals surface area contributed by atoms with Crippen LogP contribution in [0.2, 0.25) is 0 Å². The summed E-state index contributed by atoms with van der Waals surface area (Å²) in [7, 11) is 0. The third-order valence-corrected chi connectivity index (χ3v) is 6.47. The molecular formula is C17H28N2O3. The minimum absolute atomic E-state index is 0.107. The number of carbonyl (C=O) groups is 2. The zero-order valence-electron chi connectivity index (χ0n) is 13.5. The lowest BCUT2D eigenvalue weighted by atomic mass is 9.75. The van der Waals surface area contributed by atoms with Crippen LogP contribution in [-0.4, -0.2) is 35.5 Å². The molecule has 22 heavy (non-hydrogen) atoms. The lowest BCUT2D eigenvalue weighted by molar-refractivity contribution is -0.131. The summed E-state index contributed by atoms with van der Waals surface area (Å²) in [5.74, 6) is 0.651. The van der Waals surface area contributed by atoms with E-state index >= 15 is 0 Å². The van der Waals surface area contributed by atoms with E-state index in [0.717, 1.165) is 25.8 Å². The predicted octanol–water partition coefficient (Wildman–Crippen LogP) is 0.842. The first kappa shape index (κ1) is 15.9. The highest BCUT2D eigenvalue weighted by atomic mass is 16.3. The number of primary amides is 1. The van der Waals surface area contributed by atoms with Crippen LogP contribution in [0.4, 0.5) is 0 Å². The van der Waals surface area contributed by atoms with Crippen LogP contribution in [0.25, 0.3) is 0 Å². The van der Waals surface area contributed by atoms with Crippen molar-refractivity contribution >= 4 is 11.7 Å². The molecule has 0 spiro atoms. The van der Waals surface area contributed by atoms with Crippen LogP contribution in [0.3, 0.4) is 0 Å². The van der Waals surface area contributed by atoms with Crippen LogP contribution in [0.15, 0.2) is 0 Å². The van der Waals surface area contributed by atoms with E-state index in [1.54, 1.807) is 0 Å². The number of ketones is 1. The van der Waals surface area contributed by atoms with Crippen LogP contribution in [0.1, 0.15) is 46.0 Å². The second-order valence-corrected chi connectivity index (χ2v) is 8.15. The van der Waals surface area contributed by atoms with Gasteiger partial charge in [0.2, 0.25) is 5.91 Å². The number of aliphatic hydroxyl groups excluding tert-OH is 1. The minimum atomic E-state index is -1.20. The zero-order valence-corrected chi connectivity index (χ0v) is 13.5. The molecule has 0 radical (unpaired) electrons. The van der Waals surface area contributed by atoms with Crippen molar-refractivity contribution in [3.8, 4) is 0 Å². The largest absolute Gasteiger partial charge is 0.383 e. The van der Waals surface area contributed by atoms with Crippen molar-refractivity contribution < 1.29 is 14.7 Å². The molecule has 0 aromatic rings. The predicted molar refractivity (Wildman–Crippen MR) is 82.8 cm³/mol. The number of rotatable bonds is 7. The fraction of sp³-hybridized carbons (Fsp3) is 0.882. The quantitative estimate of drug-likeness (QED) is 0.650. The minimum Gasteiger partial charge on any atom is -0.383 e. The monoisotopic (exact) mass is 308 g/mol. The first-order valence-corrected chi connectivity index (χ1v) is 8.56. The first-order chi connectivity index (χ1) is 10.3. The number of amides is 1. The van der Waals surface area contributed by atoms with Crippen LogP contribution < -0.4 is 11.1 Å². The molecule has 0 aromatic heterocycles. The van der Waals surface area contributed by atoms with Crippen molar-refractivity contribution in [3.63, 3.8) is 0 Å². The zero-order chi connectivity index (χ0) is 16.1. The molecule has 5 atom stereocenters. The average Bonchev–Trinajstić information content (AvgIpc) is 2.77. The van der Waals surface area contributed by atoms with E-state index in [4.69, 9.17) is 5.73 Å². The molecular weight excluding hydrogens is 280 g/mol. The summed E-state index contributed by atoms with van der Waals surface area (Å²) in [6.07, 6.45) is 3.28. The molecule has 4 N–H and O–H groups in total. The van der Waals surface area contributed by atoms with Gasteiger partial charge in [0.25, 0.3) is 0 Å². The summed E-state index contributed by atoms with van der Waals surface area (Å²) in [6, 6.07) is -0.107. The van der Waals surface area contributed by atoms with Crippen molar-refractivity contribution in [2.24, 2.45) is 34.8 Å². The molecule has 2 saturated carbocycles. The van der Waals surface area contributed by atoms with Crippen molar-refractivity contribution in [1.82, 2.24) is 5.32 Å². The summed E-state index contributed by atoms with van der Waals surface area (Å²) in [5.41, 5.74) is 5.51. The van der Waals surface area contributed by atoms with E-state index in [1.807, 2.05) is 0 Å². The number of hydrogen-bond donors (Lipinski definition) is 3. The Labute approximate surface area is 132 Å². The Hall–Kier alpha value is -0.940. The van der Waals surface area contributed by atoms with E-state index in [1.165, 1.54) is 6.42 Å². The molecule has 5 nitrogen and oxygen atoms in total. The molecule has 2 aliphatic carbocycles. The highest BCUT2D eigenvalue weighted by Crippen LogP contribution is 2.62. The van der Waals surface area contributed by atoms with Crippen LogP contribution in [0.5, 0.6) is 0 Å². The molecule has 1 aliphatic heterocycles. The van der Waals surface area contributed by atoms with Crippen molar-refractivity contribution in [3.05, 3.63) is 0 Å². The molecule has 1 saturated heterocycles. The van der Waals surface area contributed by atoms with E-state index in [-0.39, 0.29) is 29.6 Å². The van der Waals surface area contributed by atoms with Gasteiger partial charge in [0.05, 0.1) is 6.04 Å². The van der Waals surface area contributed by atoms with Crippen molar-refractivity contribution in [2.75, 3.05) is 6.54 Å². The molecule has 3 unspecified atom stereocenters. The van der Waals surface area contributed by atoms with Gasteiger partial charge in [-0.05, 0) is 36.1 Å². The Balaban J connectivity index is 1.62. The summed E-state index contributed by atoms with van der Waals surface area (Å²) in [5, 5.41) is 13.4. The van der Waals surface area contributed by atoms with Gasteiger partial charge in [-0.25, -0.2) is 0 Å². The molecule has 3 rings (SSSR count). The van der Waals surface area contributed by atoms with Gasteiger partial charge in [0.15, 0.2) is 0 Å². The number of fused-ring (bicyclic) bond motifs is 1. The van der Waals surface area contributed by atoms with E-state index < -0.39 is 12.0 Å². The Bertz CT molecular complexity index is 473. The van der Waals surface area contributed by atoms with Gasteiger partial charge in [0.1, 0.15) is 11.9 Å². The van der Waals surface area contributed by atoms with Gasteiger partial charge >= 0.3 is 0 Å². The van der Waals surface area contributed by atoms with Gasteiger partial charge in [-0.15, -0.1) is 0 Å². The van der Waals surface area contributed by atoms with Crippen LogP contribution in [0, 0.1) is 29.1 Å². The number of carbonyl (C=O) groups excluding carboxylic acids is 2.